The van der Waals surface area contributed by atoms with Crippen LogP contribution in [-0.2, 0) is 17.7 Å². The quantitative estimate of drug-likeness (QED) is 0.832. The Morgan fingerprint density at radius 1 is 1.53 bits per heavy atom. The lowest BCUT2D eigenvalue weighted by Crippen LogP contribution is -2.10. The van der Waals surface area contributed by atoms with Gasteiger partial charge < -0.3 is 19.5 Å². The van der Waals surface area contributed by atoms with Crippen molar-refractivity contribution in [3.8, 4) is 0 Å². The van der Waals surface area contributed by atoms with Gasteiger partial charge in [0.25, 0.3) is 0 Å². The number of nitrogens with zero attached hydrogens (tertiary/aromatic N) is 2. The van der Waals surface area contributed by atoms with Crippen molar-refractivity contribution in [1.29, 1.82) is 0 Å². The van der Waals surface area contributed by atoms with Gasteiger partial charge in [0.2, 0.25) is 0 Å². The fourth-order valence-electron chi connectivity index (χ4n) is 1.87. The molecule has 0 radical (unpaired) electrons. The van der Waals surface area contributed by atoms with E-state index in [1.165, 1.54) is 0 Å². The van der Waals surface area contributed by atoms with Crippen LogP contribution in [0.25, 0.3) is 0 Å². The lowest BCUT2D eigenvalue weighted by Gasteiger charge is -2.06. The maximum absolute atomic E-state index is 11.8. The topological polar surface area (TPSA) is 83.3 Å². The third-order valence-electron chi connectivity index (χ3n) is 2.79. The van der Waals surface area contributed by atoms with Gasteiger partial charge in [0, 0.05) is 12.0 Å². The first-order valence-electron chi connectivity index (χ1n) is 6.20. The zero-order valence-electron chi connectivity index (χ0n) is 11.0. The Labute approximate surface area is 111 Å². The van der Waals surface area contributed by atoms with E-state index >= 15 is 0 Å². The summed E-state index contributed by atoms with van der Waals surface area (Å²) in [5.74, 6) is 0.596. The smallest absolute Gasteiger partial charge is 0.360 e. The summed E-state index contributed by atoms with van der Waals surface area (Å²) in [6.07, 6.45) is 3.92. The molecule has 0 aliphatic carbocycles. The highest BCUT2D eigenvalue weighted by atomic mass is 16.5. The molecule has 102 valence electrons. The van der Waals surface area contributed by atoms with Crippen LogP contribution in [0.3, 0.4) is 0 Å². The highest BCUT2D eigenvalue weighted by Crippen LogP contribution is 2.18. The Morgan fingerprint density at radius 3 is 2.89 bits per heavy atom. The largest absolute Gasteiger partial charge is 0.472 e. The Balaban J connectivity index is 2.34. The number of hydrogen-bond acceptors (Lipinski definition) is 5. The number of hydrogen-bond donors (Lipinski definition) is 1. The van der Waals surface area contributed by atoms with E-state index in [0.29, 0.717) is 25.4 Å². The molecule has 0 fully saturated rings. The highest BCUT2D eigenvalue weighted by Gasteiger charge is 2.20. The Hall–Kier alpha value is -2.24. The summed E-state index contributed by atoms with van der Waals surface area (Å²) < 4.78 is 11.8. The molecule has 2 aromatic heterocycles. The average molecular weight is 263 g/mol. The van der Waals surface area contributed by atoms with Gasteiger partial charge >= 0.3 is 5.97 Å². The maximum atomic E-state index is 11.8. The molecule has 6 heteroatoms. The van der Waals surface area contributed by atoms with E-state index in [2.05, 4.69) is 4.98 Å². The van der Waals surface area contributed by atoms with Crippen LogP contribution in [0.15, 0.2) is 23.0 Å². The number of rotatable bonds is 5. The monoisotopic (exact) mass is 263 g/mol. The van der Waals surface area contributed by atoms with Gasteiger partial charge in [-0.25, -0.2) is 9.78 Å². The van der Waals surface area contributed by atoms with Crippen LogP contribution in [0.4, 0.5) is 5.82 Å². The van der Waals surface area contributed by atoms with Gasteiger partial charge in [0.15, 0.2) is 5.69 Å². The van der Waals surface area contributed by atoms with E-state index in [1.54, 1.807) is 24.0 Å². The van der Waals surface area contributed by atoms with Gasteiger partial charge in [-0.2, -0.15) is 0 Å². The summed E-state index contributed by atoms with van der Waals surface area (Å²) in [6.45, 7) is 4.53. The number of nitrogens with two attached hydrogens (primary N) is 1. The highest BCUT2D eigenvalue weighted by molar-refractivity contribution is 5.92. The van der Waals surface area contributed by atoms with Gasteiger partial charge in [-0.1, -0.05) is 6.92 Å². The second-order valence-electron chi connectivity index (χ2n) is 4.05. The fourth-order valence-corrected chi connectivity index (χ4v) is 1.87. The number of ether oxygens (including phenoxy) is 1. The van der Waals surface area contributed by atoms with Crippen molar-refractivity contribution >= 4 is 11.8 Å². The van der Waals surface area contributed by atoms with E-state index in [-0.39, 0.29) is 5.69 Å². The molecule has 0 aliphatic rings. The molecule has 0 atom stereocenters. The molecule has 2 rings (SSSR count). The first-order valence-corrected chi connectivity index (χ1v) is 6.20. The summed E-state index contributed by atoms with van der Waals surface area (Å²) in [6, 6.07) is 1.85. The third kappa shape index (κ3) is 2.62. The minimum atomic E-state index is -0.486. The van der Waals surface area contributed by atoms with Crippen molar-refractivity contribution in [2.24, 2.45) is 0 Å². The van der Waals surface area contributed by atoms with E-state index in [0.717, 1.165) is 11.4 Å². The van der Waals surface area contributed by atoms with Crippen LogP contribution < -0.4 is 5.73 Å². The first kappa shape index (κ1) is 13.2. The minimum Gasteiger partial charge on any atom is -0.472 e. The summed E-state index contributed by atoms with van der Waals surface area (Å²) >= 11 is 0. The molecule has 0 unspecified atom stereocenters. The van der Waals surface area contributed by atoms with Crippen LogP contribution in [0.5, 0.6) is 0 Å². The van der Waals surface area contributed by atoms with E-state index < -0.39 is 5.97 Å². The molecule has 0 amide bonds. The zero-order chi connectivity index (χ0) is 13.8. The molecular weight excluding hydrogens is 246 g/mol. The third-order valence-corrected chi connectivity index (χ3v) is 2.79. The first-order chi connectivity index (χ1) is 9.17. The predicted molar refractivity (Wildman–Crippen MR) is 69.8 cm³/mol. The molecule has 0 saturated carbocycles. The molecule has 0 bridgehead atoms. The number of furan rings is 1. The van der Waals surface area contributed by atoms with Crippen LogP contribution in [-0.4, -0.2) is 22.1 Å². The fraction of sp³-hybridized carbons (Fsp3) is 0.385. The molecule has 0 saturated heterocycles. The van der Waals surface area contributed by atoms with E-state index in [4.69, 9.17) is 14.9 Å². The maximum Gasteiger partial charge on any atom is 0.360 e. The van der Waals surface area contributed by atoms with Crippen molar-refractivity contribution in [2.75, 3.05) is 12.3 Å². The molecular formula is C13H17N3O3. The van der Waals surface area contributed by atoms with Crippen molar-refractivity contribution < 1.29 is 13.9 Å². The van der Waals surface area contributed by atoms with Gasteiger partial charge in [0.1, 0.15) is 11.6 Å². The number of nitrogen functional groups attached to an aromatic ring is 1. The predicted octanol–water partition coefficient (Wildman–Crippen LogP) is 1.85. The second-order valence-corrected chi connectivity index (χ2v) is 4.05. The van der Waals surface area contributed by atoms with Crippen molar-refractivity contribution in [2.45, 2.75) is 26.8 Å². The number of carbonyl (C=O) groups is 1. The Bertz CT molecular complexity index is 558. The normalized spacial score (nSPS) is 10.6. The Kier molecular flexibility index (Phi) is 3.89. The second kappa shape index (κ2) is 5.60. The molecule has 0 spiro atoms. The number of aryl methyl sites for hydroxylation is 1. The van der Waals surface area contributed by atoms with Crippen LogP contribution in [0, 0.1) is 0 Å². The van der Waals surface area contributed by atoms with Crippen molar-refractivity contribution in [3.05, 3.63) is 35.7 Å². The van der Waals surface area contributed by atoms with E-state index in [9.17, 15) is 4.79 Å². The number of carbonyl (C=O) groups excluding carboxylic acids is 1. The Morgan fingerprint density at radius 2 is 2.32 bits per heavy atom. The number of imidazole rings is 1. The average Bonchev–Trinajstić information content (AvgIpc) is 3.00. The van der Waals surface area contributed by atoms with Gasteiger partial charge in [0.05, 0.1) is 25.7 Å². The lowest BCUT2D eigenvalue weighted by atomic mass is 10.3. The molecule has 2 N–H and O–H groups in total. The summed E-state index contributed by atoms with van der Waals surface area (Å²) in [7, 11) is 0. The summed E-state index contributed by atoms with van der Waals surface area (Å²) in [5.41, 5.74) is 7.15. The summed E-state index contributed by atoms with van der Waals surface area (Å²) in [4.78, 5) is 16.0. The molecule has 2 heterocycles. The lowest BCUT2D eigenvalue weighted by molar-refractivity contribution is 0.0521. The van der Waals surface area contributed by atoms with E-state index in [1.807, 2.05) is 13.0 Å². The zero-order valence-corrected chi connectivity index (χ0v) is 11.0. The SMILES string of the molecule is CCOC(=O)c1nc(CC)n(Cc2ccoc2)c1N. The molecule has 6 nitrogen and oxygen atoms in total. The van der Waals surface area contributed by atoms with Gasteiger partial charge in [-0.3, -0.25) is 0 Å². The van der Waals surface area contributed by atoms with Crippen molar-refractivity contribution in [3.63, 3.8) is 0 Å². The molecule has 2 aromatic rings. The van der Waals surface area contributed by atoms with Crippen LogP contribution in [0.1, 0.15) is 35.7 Å². The van der Waals surface area contributed by atoms with Crippen molar-refractivity contribution in [1.82, 2.24) is 9.55 Å². The molecule has 0 aromatic carbocycles. The van der Waals surface area contributed by atoms with Gasteiger partial charge in [-0.15, -0.1) is 0 Å². The van der Waals surface area contributed by atoms with Crippen LogP contribution >= 0.6 is 0 Å². The standard InChI is InChI=1S/C13H17N3O3/c1-3-10-15-11(13(17)19-4-2)12(14)16(10)7-9-5-6-18-8-9/h5-6,8H,3-4,7,14H2,1-2H3. The number of anilines is 1. The van der Waals surface area contributed by atoms with Crippen LogP contribution in [0.2, 0.25) is 0 Å². The number of esters is 1. The molecule has 0 aliphatic heterocycles. The molecule has 19 heavy (non-hydrogen) atoms. The van der Waals surface area contributed by atoms with Gasteiger partial charge in [-0.05, 0) is 13.0 Å². The number of aromatic nitrogens is 2. The summed E-state index contributed by atoms with van der Waals surface area (Å²) in [5, 5.41) is 0. The minimum absolute atomic E-state index is 0.183.